The second-order valence-electron chi connectivity index (χ2n) is 7.59. The molecule has 2 amide bonds. The van der Waals surface area contributed by atoms with Crippen LogP contribution in [-0.4, -0.2) is 40.9 Å². The van der Waals surface area contributed by atoms with Crippen molar-refractivity contribution in [3.05, 3.63) is 82.9 Å². The third kappa shape index (κ3) is 4.36. The van der Waals surface area contributed by atoms with Crippen molar-refractivity contribution in [2.45, 2.75) is 24.5 Å². The summed E-state index contributed by atoms with van der Waals surface area (Å²) < 4.78 is 25.0. The third-order valence-corrected chi connectivity index (χ3v) is 6.43. The SMILES string of the molecule is Cn1ccnc1CNC(=O)c1ccc2c(c1)C(=O)N(Cc1ccc(S(C)(=O)=O)cc1)C2. The number of nitrogens with zero attached hydrogens (tertiary/aromatic N) is 3. The monoisotopic (exact) mass is 438 g/mol. The summed E-state index contributed by atoms with van der Waals surface area (Å²) in [7, 11) is -1.41. The first kappa shape index (κ1) is 20.8. The molecule has 0 atom stereocenters. The molecule has 0 unspecified atom stereocenters. The topological polar surface area (TPSA) is 101 Å². The summed E-state index contributed by atoms with van der Waals surface area (Å²) in [5.74, 6) is 0.313. The second-order valence-corrected chi connectivity index (χ2v) is 9.60. The lowest BCUT2D eigenvalue weighted by atomic mass is 10.1. The zero-order valence-corrected chi connectivity index (χ0v) is 18.0. The number of nitrogens with one attached hydrogen (secondary N) is 1. The molecule has 0 radical (unpaired) electrons. The lowest BCUT2D eigenvalue weighted by molar-refractivity contribution is 0.0766. The largest absolute Gasteiger partial charge is 0.345 e. The number of amides is 2. The molecule has 160 valence electrons. The highest BCUT2D eigenvalue weighted by Gasteiger charge is 2.28. The molecule has 2 heterocycles. The van der Waals surface area contributed by atoms with Crippen LogP contribution in [0.2, 0.25) is 0 Å². The first-order chi connectivity index (χ1) is 14.7. The first-order valence-electron chi connectivity index (χ1n) is 9.68. The molecule has 2 aromatic carbocycles. The van der Waals surface area contributed by atoms with Gasteiger partial charge in [0.15, 0.2) is 9.84 Å². The summed E-state index contributed by atoms with van der Waals surface area (Å²) in [6, 6.07) is 11.6. The van der Waals surface area contributed by atoms with Crippen LogP contribution in [0.1, 0.15) is 37.7 Å². The maximum atomic E-state index is 12.9. The Morgan fingerprint density at radius 2 is 1.90 bits per heavy atom. The van der Waals surface area contributed by atoms with Crippen LogP contribution in [0.5, 0.6) is 0 Å². The van der Waals surface area contributed by atoms with Crippen LogP contribution in [0, 0.1) is 0 Å². The number of hydrogen-bond donors (Lipinski definition) is 1. The van der Waals surface area contributed by atoms with Gasteiger partial charge in [0, 0.05) is 49.9 Å². The number of fused-ring (bicyclic) bond motifs is 1. The number of hydrogen-bond acceptors (Lipinski definition) is 5. The molecule has 8 nitrogen and oxygen atoms in total. The molecule has 4 rings (SSSR count). The molecule has 1 aliphatic heterocycles. The standard InChI is InChI=1S/C22H22N4O4S/c1-25-10-9-23-20(25)12-24-21(27)16-5-6-17-14-26(22(28)19(17)11-16)13-15-3-7-18(8-4-15)31(2,29)30/h3-11H,12-14H2,1-2H3,(H,24,27). The third-order valence-electron chi connectivity index (χ3n) is 5.30. The Morgan fingerprint density at radius 3 is 2.55 bits per heavy atom. The fraction of sp³-hybridized carbons (Fsp3) is 0.227. The Kier molecular flexibility index (Phi) is 5.36. The van der Waals surface area contributed by atoms with Crippen molar-refractivity contribution < 1.29 is 18.0 Å². The molecular weight excluding hydrogens is 416 g/mol. The van der Waals surface area contributed by atoms with Crippen molar-refractivity contribution in [1.82, 2.24) is 19.8 Å². The second kappa shape index (κ2) is 7.99. The highest BCUT2D eigenvalue weighted by molar-refractivity contribution is 7.90. The quantitative estimate of drug-likeness (QED) is 0.634. The molecule has 31 heavy (non-hydrogen) atoms. The summed E-state index contributed by atoms with van der Waals surface area (Å²) >= 11 is 0. The Balaban J connectivity index is 1.44. The van der Waals surface area contributed by atoms with E-state index in [0.29, 0.717) is 30.8 Å². The van der Waals surface area contributed by atoms with E-state index in [2.05, 4.69) is 10.3 Å². The van der Waals surface area contributed by atoms with Crippen molar-refractivity contribution in [3.8, 4) is 0 Å². The molecule has 0 saturated heterocycles. The van der Waals surface area contributed by atoms with Gasteiger partial charge in [0.05, 0.1) is 11.4 Å². The summed E-state index contributed by atoms with van der Waals surface area (Å²) in [4.78, 5) is 31.5. The van der Waals surface area contributed by atoms with Crippen LogP contribution >= 0.6 is 0 Å². The molecule has 0 bridgehead atoms. The van der Waals surface area contributed by atoms with E-state index >= 15 is 0 Å². The lowest BCUT2D eigenvalue weighted by Crippen LogP contribution is -2.25. The van der Waals surface area contributed by atoms with E-state index in [1.165, 1.54) is 0 Å². The number of carbonyl (C=O) groups is 2. The summed E-state index contributed by atoms with van der Waals surface area (Å²) in [5, 5.41) is 2.82. The Labute approximate surface area is 180 Å². The molecule has 0 aliphatic carbocycles. The molecule has 3 aromatic rings. The van der Waals surface area contributed by atoms with Gasteiger partial charge in [0.2, 0.25) is 0 Å². The normalized spacial score (nSPS) is 13.4. The van der Waals surface area contributed by atoms with E-state index in [1.54, 1.807) is 59.8 Å². The highest BCUT2D eigenvalue weighted by Crippen LogP contribution is 2.26. The van der Waals surface area contributed by atoms with Crippen molar-refractivity contribution in [3.63, 3.8) is 0 Å². The summed E-state index contributed by atoms with van der Waals surface area (Å²) in [6.07, 6.45) is 4.63. The van der Waals surface area contributed by atoms with Crippen LogP contribution in [0.25, 0.3) is 0 Å². The highest BCUT2D eigenvalue weighted by atomic mass is 32.2. The molecule has 1 N–H and O–H groups in total. The number of aryl methyl sites for hydroxylation is 1. The number of carbonyl (C=O) groups excluding carboxylic acids is 2. The Hall–Kier alpha value is -3.46. The van der Waals surface area contributed by atoms with Gasteiger partial charge in [-0.05, 0) is 35.4 Å². The smallest absolute Gasteiger partial charge is 0.254 e. The van der Waals surface area contributed by atoms with E-state index in [1.807, 2.05) is 11.6 Å². The molecule has 0 saturated carbocycles. The van der Waals surface area contributed by atoms with Crippen LogP contribution in [0.3, 0.4) is 0 Å². The van der Waals surface area contributed by atoms with Crippen molar-refractivity contribution in [2.75, 3.05) is 6.26 Å². The van der Waals surface area contributed by atoms with Crippen molar-refractivity contribution >= 4 is 21.7 Å². The zero-order valence-electron chi connectivity index (χ0n) is 17.2. The van der Waals surface area contributed by atoms with Gasteiger partial charge >= 0.3 is 0 Å². The summed E-state index contributed by atoms with van der Waals surface area (Å²) in [5.41, 5.74) is 2.62. The minimum absolute atomic E-state index is 0.152. The zero-order chi connectivity index (χ0) is 22.2. The van der Waals surface area contributed by atoms with E-state index in [-0.39, 0.29) is 16.7 Å². The molecule has 0 spiro atoms. The number of imidazole rings is 1. The van der Waals surface area contributed by atoms with Crippen molar-refractivity contribution in [1.29, 1.82) is 0 Å². The Bertz CT molecular complexity index is 1260. The number of rotatable bonds is 6. The minimum atomic E-state index is -3.26. The molecule has 0 fully saturated rings. The van der Waals surface area contributed by atoms with Gasteiger partial charge in [0.25, 0.3) is 11.8 Å². The van der Waals surface area contributed by atoms with Gasteiger partial charge in [-0.1, -0.05) is 18.2 Å². The van der Waals surface area contributed by atoms with E-state index in [4.69, 9.17) is 0 Å². The fourth-order valence-electron chi connectivity index (χ4n) is 3.52. The van der Waals surface area contributed by atoms with Gasteiger partial charge in [-0.25, -0.2) is 13.4 Å². The molecule has 1 aromatic heterocycles. The lowest BCUT2D eigenvalue weighted by Gasteiger charge is -2.15. The van der Waals surface area contributed by atoms with E-state index < -0.39 is 9.84 Å². The molecular formula is C22H22N4O4S. The van der Waals surface area contributed by atoms with E-state index in [0.717, 1.165) is 23.2 Å². The van der Waals surface area contributed by atoms with Crippen LogP contribution in [-0.2, 0) is 36.5 Å². The molecule has 1 aliphatic rings. The first-order valence-corrected chi connectivity index (χ1v) is 11.6. The maximum absolute atomic E-state index is 12.9. The fourth-order valence-corrected chi connectivity index (χ4v) is 4.15. The van der Waals surface area contributed by atoms with Gasteiger partial charge in [0.1, 0.15) is 5.82 Å². The van der Waals surface area contributed by atoms with Gasteiger partial charge in [-0.2, -0.15) is 0 Å². The minimum Gasteiger partial charge on any atom is -0.345 e. The predicted octanol–water partition coefficient (Wildman–Crippen LogP) is 1.91. The molecule has 9 heteroatoms. The number of benzene rings is 2. The van der Waals surface area contributed by atoms with Crippen LogP contribution in [0.15, 0.2) is 59.8 Å². The number of aromatic nitrogens is 2. The van der Waals surface area contributed by atoms with E-state index in [9.17, 15) is 18.0 Å². The number of sulfone groups is 1. The summed E-state index contributed by atoms with van der Waals surface area (Å²) in [6.45, 7) is 1.10. The Morgan fingerprint density at radius 1 is 1.16 bits per heavy atom. The van der Waals surface area contributed by atoms with Gasteiger partial charge in [-0.15, -0.1) is 0 Å². The average Bonchev–Trinajstić information content (AvgIpc) is 3.28. The van der Waals surface area contributed by atoms with Crippen LogP contribution < -0.4 is 5.32 Å². The van der Waals surface area contributed by atoms with Gasteiger partial charge < -0.3 is 14.8 Å². The maximum Gasteiger partial charge on any atom is 0.254 e. The predicted molar refractivity (Wildman–Crippen MR) is 114 cm³/mol. The van der Waals surface area contributed by atoms with Crippen LogP contribution in [0.4, 0.5) is 0 Å². The van der Waals surface area contributed by atoms with Crippen molar-refractivity contribution in [2.24, 2.45) is 7.05 Å². The average molecular weight is 439 g/mol. The van der Waals surface area contributed by atoms with Gasteiger partial charge in [-0.3, -0.25) is 9.59 Å².